The Kier molecular flexibility index (Phi) is 5.57. The highest BCUT2D eigenvalue weighted by Crippen LogP contribution is 2.20. The number of β-amino-alcohol motifs (C(OH)–C–C–N with tert-alkyl or cyclic N) is 1. The highest BCUT2D eigenvalue weighted by atomic mass is 16.3. The van der Waals surface area contributed by atoms with Crippen molar-refractivity contribution in [1.29, 1.82) is 0 Å². The van der Waals surface area contributed by atoms with E-state index in [1.54, 1.807) is 13.8 Å². The average Bonchev–Trinajstić information content (AvgIpc) is 2.66. The summed E-state index contributed by atoms with van der Waals surface area (Å²) in [7, 11) is 0. The fraction of sp³-hybridized carbons (Fsp3) is 0.882. The number of aliphatic hydroxyl groups excluding tert-OH is 1. The van der Waals surface area contributed by atoms with Crippen LogP contribution in [0.3, 0.4) is 0 Å². The van der Waals surface area contributed by atoms with Crippen LogP contribution in [0.1, 0.15) is 34.6 Å². The predicted molar refractivity (Wildman–Crippen MR) is 92.7 cm³/mol. The first kappa shape index (κ1) is 19.1. The summed E-state index contributed by atoms with van der Waals surface area (Å²) in [5.41, 5.74) is -0.897. The molecule has 0 aromatic rings. The fourth-order valence-corrected chi connectivity index (χ4v) is 2.98. The van der Waals surface area contributed by atoms with Crippen LogP contribution in [0.4, 0.5) is 4.79 Å². The molecule has 24 heavy (non-hydrogen) atoms. The lowest BCUT2D eigenvalue weighted by Gasteiger charge is -2.38. The third-order valence-corrected chi connectivity index (χ3v) is 4.98. The Morgan fingerprint density at radius 2 is 1.62 bits per heavy atom. The molecular formula is C17H32N4O3. The lowest BCUT2D eigenvalue weighted by molar-refractivity contribution is -0.130. The van der Waals surface area contributed by atoms with E-state index in [1.165, 1.54) is 4.90 Å². The van der Waals surface area contributed by atoms with Crippen molar-refractivity contribution in [3.05, 3.63) is 0 Å². The van der Waals surface area contributed by atoms with Gasteiger partial charge in [0, 0.05) is 45.8 Å². The summed E-state index contributed by atoms with van der Waals surface area (Å²) in [4.78, 5) is 29.9. The van der Waals surface area contributed by atoms with Gasteiger partial charge in [0.25, 0.3) is 5.91 Å². The molecule has 1 atom stereocenters. The van der Waals surface area contributed by atoms with Crippen LogP contribution in [0.25, 0.3) is 0 Å². The lowest BCUT2D eigenvalue weighted by Crippen LogP contribution is -2.51. The minimum absolute atomic E-state index is 0.104. The van der Waals surface area contributed by atoms with E-state index in [9.17, 15) is 14.7 Å². The second-order valence-corrected chi connectivity index (χ2v) is 8.54. The van der Waals surface area contributed by atoms with Crippen molar-refractivity contribution in [3.8, 4) is 0 Å². The maximum atomic E-state index is 12.2. The molecule has 2 fully saturated rings. The second kappa shape index (κ2) is 6.98. The third-order valence-electron chi connectivity index (χ3n) is 4.98. The molecule has 0 saturated carbocycles. The minimum atomic E-state index is -0.793. The maximum absolute atomic E-state index is 12.2. The van der Waals surface area contributed by atoms with Crippen LogP contribution < -0.4 is 5.32 Å². The molecule has 2 N–H and O–H groups in total. The number of imide groups is 1. The number of hydrogen-bond donors (Lipinski definition) is 2. The molecule has 138 valence electrons. The molecule has 7 nitrogen and oxygen atoms in total. The van der Waals surface area contributed by atoms with E-state index in [0.717, 1.165) is 26.2 Å². The molecule has 0 unspecified atom stereocenters. The Morgan fingerprint density at radius 3 is 2.08 bits per heavy atom. The van der Waals surface area contributed by atoms with E-state index in [2.05, 4.69) is 15.1 Å². The Hall–Kier alpha value is -1.18. The molecule has 0 spiro atoms. The zero-order chi connectivity index (χ0) is 18.1. The van der Waals surface area contributed by atoms with E-state index >= 15 is 0 Å². The van der Waals surface area contributed by atoms with Gasteiger partial charge in [0.15, 0.2) is 0 Å². The Morgan fingerprint density at radius 1 is 1.08 bits per heavy atom. The van der Waals surface area contributed by atoms with Gasteiger partial charge >= 0.3 is 6.03 Å². The molecule has 7 heteroatoms. The molecule has 0 aromatic heterocycles. The standard InChI is InChI=1S/C17H32N4O3/c1-16(2,3)13(22)12-20-8-6-19(7-9-20)10-11-21-14(23)17(4,5)18-15(21)24/h13,22H,6-12H2,1-5H3,(H,18,24)/t13-/m1/s1. The van der Waals surface area contributed by atoms with Gasteiger partial charge in [0.05, 0.1) is 6.10 Å². The number of carbonyl (C=O) groups is 2. The zero-order valence-electron chi connectivity index (χ0n) is 15.6. The lowest BCUT2D eigenvalue weighted by atomic mass is 9.89. The van der Waals surface area contributed by atoms with Crippen LogP contribution in [0.15, 0.2) is 0 Å². The molecule has 0 bridgehead atoms. The highest BCUT2D eigenvalue weighted by molar-refractivity contribution is 6.06. The van der Waals surface area contributed by atoms with E-state index in [1.807, 2.05) is 20.8 Å². The first-order valence-electron chi connectivity index (χ1n) is 8.77. The molecule has 2 rings (SSSR count). The summed E-state index contributed by atoms with van der Waals surface area (Å²) in [6, 6.07) is -0.295. The monoisotopic (exact) mass is 340 g/mol. The van der Waals surface area contributed by atoms with Gasteiger partial charge < -0.3 is 10.4 Å². The Labute approximate surface area is 145 Å². The van der Waals surface area contributed by atoms with Crippen molar-refractivity contribution in [2.75, 3.05) is 45.8 Å². The largest absolute Gasteiger partial charge is 0.391 e. The van der Waals surface area contributed by atoms with E-state index in [-0.39, 0.29) is 23.5 Å². The number of hydrogen-bond acceptors (Lipinski definition) is 5. The Balaban J connectivity index is 1.74. The van der Waals surface area contributed by atoms with Crippen molar-refractivity contribution >= 4 is 11.9 Å². The molecule has 0 aliphatic carbocycles. The van der Waals surface area contributed by atoms with Crippen LogP contribution in [0.2, 0.25) is 0 Å². The maximum Gasteiger partial charge on any atom is 0.325 e. The molecule has 3 amide bonds. The molecule has 0 radical (unpaired) electrons. The Bertz CT molecular complexity index is 479. The molecule has 2 heterocycles. The number of nitrogens with zero attached hydrogens (tertiary/aromatic N) is 3. The first-order valence-corrected chi connectivity index (χ1v) is 8.77. The van der Waals surface area contributed by atoms with Crippen molar-refractivity contribution in [3.63, 3.8) is 0 Å². The molecule has 2 aliphatic rings. The molecule has 0 aromatic carbocycles. The topological polar surface area (TPSA) is 76.1 Å². The van der Waals surface area contributed by atoms with Crippen LogP contribution in [0, 0.1) is 5.41 Å². The first-order chi connectivity index (χ1) is 11.0. The predicted octanol–water partition coefficient (Wildman–Crippen LogP) is 0.341. The number of urea groups is 1. The minimum Gasteiger partial charge on any atom is -0.391 e. The average molecular weight is 340 g/mol. The number of nitrogens with one attached hydrogen (secondary N) is 1. The number of piperazine rings is 1. The van der Waals surface area contributed by atoms with Gasteiger partial charge in [-0.1, -0.05) is 20.8 Å². The van der Waals surface area contributed by atoms with E-state index in [0.29, 0.717) is 19.6 Å². The SMILES string of the molecule is CC1(C)NC(=O)N(CCN2CCN(C[C@@H](O)C(C)(C)C)CC2)C1=O. The zero-order valence-corrected chi connectivity index (χ0v) is 15.6. The molecule has 2 aliphatic heterocycles. The second-order valence-electron chi connectivity index (χ2n) is 8.54. The fourth-order valence-electron chi connectivity index (χ4n) is 2.98. The van der Waals surface area contributed by atoms with Crippen molar-refractivity contribution in [2.24, 2.45) is 5.41 Å². The summed E-state index contributed by atoms with van der Waals surface area (Å²) < 4.78 is 0. The van der Waals surface area contributed by atoms with Gasteiger partial charge in [-0.15, -0.1) is 0 Å². The summed E-state index contributed by atoms with van der Waals surface area (Å²) in [6.07, 6.45) is -0.336. The van der Waals surface area contributed by atoms with Gasteiger partial charge in [-0.3, -0.25) is 19.5 Å². The summed E-state index contributed by atoms with van der Waals surface area (Å²) in [5.74, 6) is -0.153. The van der Waals surface area contributed by atoms with Crippen molar-refractivity contribution in [2.45, 2.75) is 46.3 Å². The number of carbonyl (C=O) groups excluding carboxylic acids is 2. The van der Waals surface area contributed by atoms with E-state index < -0.39 is 5.54 Å². The van der Waals surface area contributed by atoms with Crippen LogP contribution in [0.5, 0.6) is 0 Å². The number of aliphatic hydroxyl groups is 1. The molecular weight excluding hydrogens is 308 g/mol. The quantitative estimate of drug-likeness (QED) is 0.706. The summed E-state index contributed by atoms with van der Waals surface area (Å²) in [5, 5.41) is 12.9. The van der Waals surface area contributed by atoms with E-state index in [4.69, 9.17) is 0 Å². The van der Waals surface area contributed by atoms with Gasteiger partial charge in [0.2, 0.25) is 0 Å². The summed E-state index contributed by atoms with van der Waals surface area (Å²) in [6.45, 7) is 15.0. The van der Waals surface area contributed by atoms with Crippen molar-refractivity contribution < 1.29 is 14.7 Å². The third kappa shape index (κ3) is 4.46. The molecule has 2 saturated heterocycles. The van der Waals surface area contributed by atoms with Crippen molar-refractivity contribution in [1.82, 2.24) is 20.0 Å². The number of amides is 3. The normalized spacial score (nSPS) is 24.3. The number of rotatable bonds is 5. The van der Waals surface area contributed by atoms with Crippen LogP contribution in [-0.4, -0.2) is 89.2 Å². The van der Waals surface area contributed by atoms with Gasteiger partial charge in [0.1, 0.15) is 5.54 Å². The van der Waals surface area contributed by atoms with Crippen LogP contribution >= 0.6 is 0 Å². The highest BCUT2D eigenvalue weighted by Gasteiger charge is 2.44. The van der Waals surface area contributed by atoms with Gasteiger partial charge in [-0.2, -0.15) is 0 Å². The smallest absolute Gasteiger partial charge is 0.325 e. The van der Waals surface area contributed by atoms with Crippen LogP contribution in [-0.2, 0) is 4.79 Å². The van der Waals surface area contributed by atoms with Gasteiger partial charge in [-0.05, 0) is 19.3 Å². The summed E-state index contributed by atoms with van der Waals surface area (Å²) >= 11 is 0. The van der Waals surface area contributed by atoms with Gasteiger partial charge in [-0.25, -0.2) is 4.79 Å².